The molecule has 10 nitrogen and oxygen atoms in total. The summed E-state index contributed by atoms with van der Waals surface area (Å²) in [6, 6.07) is -2.18. The second kappa shape index (κ2) is 9.82. The lowest BCUT2D eigenvalue weighted by Crippen LogP contribution is -2.56. The molecule has 10 heteroatoms. The Morgan fingerprint density at radius 1 is 1.00 bits per heavy atom. The number of primary amides is 1. The van der Waals surface area contributed by atoms with Gasteiger partial charge in [0.05, 0.1) is 6.42 Å². The highest BCUT2D eigenvalue weighted by Gasteiger charge is 2.29. The molecule has 0 radical (unpaired) electrons. The lowest BCUT2D eigenvalue weighted by Gasteiger charge is -2.25. The SMILES string of the molecule is CC(C)C[C@H](NC(=O)[C@H](CC(N)=O)NC(=O)OC(C)(C)C)C(=O)NN. The van der Waals surface area contributed by atoms with E-state index in [0.717, 1.165) is 0 Å². The van der Waals surface area contributed by atoms with Crippen molar-refractivity contribution >= 4 is 23.8 Å². The van der Waals surface area contributed by atoms with Crippen molar-refractivity contribution in [2.24, 2.45) is 17.5 Å². The van der Waals surface area contributed by atoms with Gasteiger partial charge in [0.25, 0.3) is 5.91 Å². The topological polar surface area (TPSA) is 166 Å². The molecule has 0 fully saturated rings. The number of nitrogens with one attached hydrogen (secondary N) is 3. The van der Waals surface area contributed by atoms with Crippen LogP contribution in [0.2, 0.25) is 0 Å². The first kappa shape index (κ1) is 22.6. The minimum atomic E-state index is -1.27. The highest BCUT2D eigenvalue weighted by Crippen LogP contribution is 2.08. The first-order valence-electron chi connectivity index (χ1n) is 7.94. The normalized spacial score (nSPS) is 13.6. The molecule has 0 saturated carbocycles. The standard InChI is InChI=1S/C15H29N5O5/c1-8(2)6-9(13(23)20-17)18-12(22)10(7-11(16)21)19-14(24)25-15(3,4)5/h8-10H,6-7,17H2,1-5H3,(H2,16,21)(H,18,22)(H,19,24)(H,20,23)/t9-,10-/m0/s1. The number of ether oxygens (including phenoxy) is 1. The second-order valence-electron chi connectivity index (χ2n) is 7.07. The molecule has 0 unspecified atom stereocenters. The van der Waals surface area contributed by atoms with Crippen molar-refractivity contribution in [2.45, 2.75) is 65.1 Å². The minimum Gasteiger partial charge on any atom is -0.444 e. The Hall–Kier alpha value is -2.36. The third kappa shape index (κ3) is 10.2. The first-order chi connectivity index (χ1) is 11.4. The smallest absolute Gasteiger partial charge is 0.408 e. The van der Waals surface area contributed by atoms with E-state index < -0.39 is 47.9 Å². The van der Waals surface area contributed by atoms with E-state index in [-0.39, 0.29) is 5.92 Å². The molecule has 0 aliphatic heterocycles. The molecule has 144 valence electrons. The van der Waals surface area contributed by atoms with Crippen LogP contribution in [0.4, 0.5) is 4.79 Å². The van der Waals surface area contributed by atoms with Crippen LogP contribution in [0.15, 0.2) is 0 Å². The van der Waals surface area contributed by atoms with Crippen molar-refractivity contribution in [1.29, 1.82) is 0 Å². The molecule has 25 heavy (non-hydrogen) atoms. The maximum Gasteiger partial charge on any atom is 0.408 e. The Balaban J connectivity index is 5.10. The summed E-state index contributed by atoms with van der Waals surface area (Å²) in [5.41, 5.74) is 6.31. The van der Waals surface area contributed by atoms with Crippen LogP contribution in [0.25, 0.3) is 0 Å². The lowest BCUT2D eigenvalue weighted by molar-refractivity contribution is -0.131. The molecule has 0 saturated heterocycles. The van der Waals surface area contributed by atoms with Gasteiger partial charge >= 0.3 is 6.09 Å². The maximum atomic E-state index is 12.4. The molecule has 0 aliphatic rings. The summed E-state index contributed by atoms with van der Waals surface area (Å²) in [4.78, 5) is 47.2. The molecule has 0 rings (SSSR count). The number of hydrogen-bond donors (Lipinski definition) is 5. The van der Waals surface area contributed by atoms with E-state index in [4.69, 9.17) is 16.3 Å². The van der Waals surface area contributed by atoms with Crippen molar-refractivity contribution in [2.75, 3.05) is 0 Å². The third-order valence-electron chi connectivity index (χ3n) is 2.90. The highest BCUT2D eigenvalue weighted by molar-refractivity contribution is 5.93. The van der Waals surface area contributed by atoms with Crippen molar-refractivity contribution in [1.82, 2.24) is 16.1 Å². The Kier molecular flexibility index (Phi) is 8.89. The summed E-state index contributed by atoms with van der Waals surface area (Å²) >= 11 is 0. The van der Waals surface area contributed by atoms with Gasteiger partial charge in [0.1, 0.15) is 17.7 Å². The van der Waals surface area contributed by atoms with Gasteiger partial charge < -0.3 is 21.1 Å². The molecule has 4 amide bonds. The van der Waals surface area contributed by atoms with E-state index in [9.17, 15) is 19.2 Å². The fraction of sp³-hybridized carbons (Fsp3) is 0.733. The number of amides is 4. The van der Waals surface area contributed by atoms with Gasteiger partial charge in [0.2, 0.25) is 11.8 Å². The minimum absolute atomic E-state index is 0.0935. The van der Waals surface area contributed by atoms with Gasteiger partial charge in [0.15, 0.2) is 0 Å². The molecule has 0 aromatic rings. The number of rotatable bonds is 8. The summed E-state index contributed by atoms with van der Waals surface area (Å²) in [5, 5.41) is 4.75. The zero-order chi connectivity index (χ0) is 19.8. The maximum absolute atomic E-state index is 12.4. The fourth-order valence-corrected chi connectivity index (χ4v) is 1.94. The Labute approximate surface area is 147 Å². The molecule has 0 bridgehead atoms. The van der Waals surface area contributed by atoms with Crippen LogP contribution in [-0.2, 0) is 19.1 Å². The van der Waals surface area contributed by atoms with Gasteiger partial charge in [-0.15, -0.1) is 0 Å². The van der Waals surface area contributed by atoms with Crippen LogP contribution in [0.3, 0.4) is 0 Å². The number of nitrogens with two attached hydrogens (primary N) is 2. The fourth-order valence-electron chi connectivity index (χ4n) is 1.94. The lowest BCUT2D eigenvalue weighted by atomic mass is 10.0. The van der Waals surface area contributed by atoms with Crippen LogP contribution in [0, 0.1) is 5.92 Å². The second-order valence-corrected chi connectivity index (χ2v) is 7.07. The number of carbonyl (C=O) groups excluding carboxylic acids is 4. The molecule has 0 heterocycles. The van der Waals surface area contributed by atoms with E-state index in [1.807, 2.05) is 19.3 Å². The summed E-state index contributed by atoms with van der Waals surface area (Å²) in [5.74, 6) is 3.10. The van der Waals surface area contributed by atoms with Gasteiger partial charge in [0, 0.05) is 0 Å². The van der Waals surface area contributed by atoms with E-state index in [0.29, 0.717) is 6.42 Å². The summed E-state index contributed by atoms with van der Waals surface area (Å²) in [6.07, 6.45) is -0.994. The summed E-state index contributed by atoms with van der Waals surface area (Å²) in [7, 11) is 0. The monoisotopic (exact) mass is 359 g/mol. The highest BCUT2D eigenvalue weighted by atomic mass is 16.6. The quantitative estimate of drug-likeness (QED) is 0.218. The van der Waals surface area contributed by atoms with E-state index in [2.05, 4.69) is 10.6 Å². The largest absolute Gasteiger partial charge is 0.444 e. The van der Waals surface area contributed by atoms with Crippen LogP contribution >= 0.6 is 0 Å². The molecule has 0 aromatic heterocycles. The number of hydrazine groups is 1. The van der Waals surface area contributed by atoms with E-state index >= 15 is 0 Å². The Morgan fingerprint density at radius 2 is 1.56 bits per heavy atom. The van der Waals surface area contributed by atoms with Crippen LogP contribution in [-0.4, -0.2) is 41.5 Å². The van der Waals surface area contributed by atoms with Crippen LogP contribution < -0.4 is 27.6 Å². The summed E-state index contributed by atoms with van der Waals surface area (Å²) in [6.45, 7) is 8.69. The van der Waals surface area contributed by atoms with Crippen molar-refractivity contribution in [3.05, 3.63) is 0 Å². The van der Waals surface area contributed by atoms with Gasteiger partial charge in [-0.2, -0.15) is 0 Å². The van der Waals surface area contributed by atoms with E-state index in [1.165, 1.54) is 0 Å². The Morgan fingerprint density at radius 3 is 1.96 bits per heavy atom. The number of hydrogen-bond acceptors (Lipinski definition) is 6. The first-order valence-corrected chi connectivity index (χ1v) is 7.94. The molecule has 0 aliphatic carbocycles. The molecule has 2 atom stereocenters. The van der Waals surface area contributed by atoms with Crippen molar-refractivity contribution in [3.8, 4) is 0 Å². The molecule has 0 aromatic carbocycles. The average molecular weight is 359 g/mol. The number of alkyl carbamates (subject to hydrolysis) is 1. The van der Waals surface area contributed by atoms with Crippen LogP contribution in [0.5, 0.6) is 0 Å². The van der Waals surface area contributed by atoms with E-state index in [1.54, 1.807) is 20.8 Å². The predicted octanol–water partition coefficient (Wildman–Crippen LogP) is -0.724. The van der Waals surface area contributed by atoms with Gasteiger partial charge in [-0.05, 0) is 33.1 Å². The third-order valence-corrected chi connectivity index (χ3v) is 2.90. The zero-order valence-corrected chi connectivity index (χ0v) is 15.3. The molecule has 7 N–H and O–H groups in total. The average Bonchev–Trinajstić information content (AvgIpc) is 2.41. The van der Waals surface area contributed by atoms with Gasteiger partial charge in [-0.1, -0.05) is 13.8 Å². The van der Waals surface area contributed by atoms with Crippen molar-refractivity contribution in [3.63, 3.8) is 0 Å². The molecule has 0 spiro atoms. The summed E-state index contributed by atoms with van der Waals surface area (Å²) < 4.78 is 5.06. The van der Waals surface area contributed by atoms with Gasteiger partial charge in [-0.25, -0.2) is 10.6 Å². The van der Waals surface area contributed by atoms with Crippen LogP contribution in [0.1, 0.15) is 47.5 Å². The number of carbonyl (C=O) groups is 4. The predicted molar refractivity (Wildman–Crippen MR) is 90.7 cm³/mol. The van der Waals surface area contributed by atoms with Gasteiger partial charge in [-0.3, -0.25) is 19.8 Å². The molecular formula is C15H29N5O5. The Bertz CT molecular complexity index is 501. The zero-order valence-electron chi connectivity index (χ0n) is 15.3. The molecular weight excluding hydrogens is 330 g/mol. The van der Waals surface area contributed by atoms with Crippen molar-refractivity contribution < 1.29 is 23.9 Å².